The van der Waals surface area contributed by atoms with Crippen LogP contribution in [0.1, 0.15) is 35.9 Å². The van der Waals surface area contributed by atoms with Crippen LogP contribution in [0.25, 0.3) is 5.65 Å². The van der Waals surface area contributed by atoms with E-state index in [0.717, 1.165) is 18.6 Å². The fourth-order valence-corrected chi connectivity index (χ4v) is 4.64. The van der Waals surface area contributed by atoms with E-state index < -0.39 is 17.7 Å². The van der Waals surface area contributed by atoms with E-state index in [1.54, 1.807) is 36.7 Å². The minimum absolute atomic E-state index is 0.305. The molecule has 9 nitrogen and oxygen atoms in total. The average Bonchev–Trinajstić information content (AvgIpc) is 3.55. The third-order valence-corrected chi connectivity index (χ3v) is 6.77. The number of anilines is 3. The van der Waals surface area contributed by atoms with Crippen LogP contribution in [0.15, 0.2) is 41.1 Å². The summed E-state index contributed by atoms with van der Waals surface area (Å²) in [6.45, 7) is 4.09. The minimum Gasteiger partial charge on any atom is -0.359 e. The zero-order valence-electron chi connectivity index (χ0n) is 18.3. The van der Waals surface area contributed by atoms with Gasteiger partial charge in [-0.2, -0.15) is 4.52 Å². The van der Waals surface area contributed by atoms with Crippen LogP contribution in [0.5, 0.6) is 0 Å². The molecule has 1 atom stereocenters. The first-order chi connectivity index (χ1) is 16.3. The standard InChI is InChI=1S/C22H20F2IN7O2/c1-12-21(13(2)34-29-12)27-22(33)31(25)20-11-26-18-7-8-19(28-32(18)20)30-9-3-4-17(30)15-10-14(23)5-6-16(15)24/h5-8,10-11,17H,3-4,9H2,1-2H3,(H,27,33). The zero-order valence-corrected chi connectivity index (χ0v) is 20.5. The second-order valence-corrected chi connectivity index (χ2v) is 8.97. The van der Waals surface area contributed by atoms with Crippen LogP contribution in [-0.2, 0) is 0 Å². The molecule has 0 saturated carbocycles. The van der Waals surface area contributed by atoms with Crippen LogP contribution in [0, 0.1) is 25.5 Å². The molecule has 4 aromatic rings. The second kappa shape index (κ2) is 8.81. The van der Waals surface area contributed by atoms with E-state index in [2.05, 4.69) is 20.6 Å². The molecule has 34 heavy (non-hydrogen) atoms. The molecule has 1 N–H and O–H groups in total. The summed E-state index contributed by atoms with van der Waals surface area (Å²) in [4.78, 5) is 19.2. The number of fused-ring (bicyclic) bond motifs is 1. The van der Waals surface area contributed by atoms with Crippen molar-refractivity contribution in [2.24, 2.45) is 0 Å². The Morgan fingerprint density at radius 2 is 2.09 bits per heavy atom. The van der Waals surface area contributed by atoms with Crippen LogP contribution in [0.3, 0.4) is 0 Å². The summed E-state index contributed by atoms with van der Waals surface area (Å²) in [5.41, 5.74) is 1.92. The number of hydrogen-bond acceptors (Lipinski definition) is 6. The smallest absolute Gasteiger partial charge is 0.336 e. The average molecular weight is 579 g/mol. The van der Waals surface area contributed by atoms with Crippen molar-refractivity contribution in [1.82, 2.24) is 19.8 Å². The van der Waals surface area contributed by atoms with Gasteiger partial charge in [-0.1, -0.05) is 5.16 Å². The summed E-state index contributed by atoms with van der Waals surface area (Å²) in [7, 11) is 0. The van der Waals surface area contributed by atoms with Crippen molar-refractivity contribution in [1.29, 1.82) is 0 Å². The first kappa shape index (κ1) is 22.5. The Bertz CT molecular complexity index is 1370. The maximum Gasteiger partial charge on any atom is 0.336 e. The molecule has 1 aliphatic rings. The predicted molar refractivity (Wildman–Crippen MR) is 130 cm³/mol. The fraction of sp³-hybridized carbons (Fsp3) is 0.273. The molecule has 1 aromatic carbocycles. The first-order valence-corrected chi connectivity index (χ1v) is 11.6. The SMILES string of the molecule is Cc1noc(C)c1NC(=O)N(I)c1cnc2ccc(N3CCCC3c3cc(F)ccc3F)nn12. The largest absolute Gasteiger partial charge is 0.359 e. The van der Waals surface area contributed by atoms with Gasteiger partial charge in [0.2, 0.25) is 0 Å². The number of aryl methyl sites for hydroxylation is 2. The molecule has 5 rings (SSSR count). The lowest BCUT2D eigenvalue weighted by molar-refractivity contribution is 0.260. The Balaban J connectivity index is 1.46. The molecule has 2 amide bonds. The molecule has 1 fully saturated rings. The van der Waals surface area contributed by atoms with E-state index in [0.29, 0.717) is 53.0 Å². The number of halogens is 3. The zero-order chi connectivity index (χ0) is 24.0. The number of rotatable bonds is 4. The summed E-state index contributed by atoms with van der Waals surface area (Å²) in [5, 5.41) is 11.3. The number of hydrogen-bond donors (Lipinski definition) is 1. The summed E-state index contributed by atoms with van der Waals surface area (Å²) in [6.07, 6.45) is 3.03. The number of aromatic nitrogens is 4. The van der Waals surface area contributed by atoms with Crippen molar-refractivity contribution in [2.45, 2.75) is 32.7 Å². The lowest BCUT2D eigenvalue weighted by Crippen LogP contribution is -2.28. The van der Waals surface area contributed by atoms with E-state index in [4.69, 9.17) is 4.52 Å². The summed E-state index contributed by atoms with van der Waals surface area (Å²) >= 11 is 1.87. The van der Waals surface area contributed by atoms with Crippen molar-refractivity contribution in [3.63, 3.8) is 0 Å². The molecule has 12 heteroatoms. The monoisotopic (exact) mass is 579 g/mol. The van der Waals surface area contributed by atoms with Crippen LogP contribution in [0.4, 0.5) is 30.9 Å². The number of urea groups is 1. The van der Waals surface area contributed by atoms with Gasteiger partial charge in [0, 0.05) is 12.1 Å². The van der Waals surface area contributed by atoms with Crippen molar-refractivity contribution in [3.05, 3.63) is 65.2 Å². The van der Waals surface area contributed by atoms with E-state index in [1.165, 1.54) is 9.18 Å². The molecular weight excluding hydrogens is 559 g/mol. The number of nitrogens with one attached hydrogen (secondary N) is 1. The highest BCUT2D eigenvalue weighted by molar-refractivity contribution is 14.1. The van der Waals surface area contributed by atoms with Gasteiger partial charge >= 0.3 is 6.03 Å². The van der Waals surface area contributed by atoms with Crippen LogP contribution in [-0.4, -0.2) is 32.3 Å². The van der Waals surface area contributed by atoms with Gasteiger partial charge in [0.1, 0.15) is 28.8 Å². The molecule has 1 unspecified atom stereocenters. The van der Waals surface area contributed by atoms with Crippen molar-refractivity contribution in [3.8, 4) is 0 Å². The number of imidazole rings is 1. The van der Waals surface area contributed by atoms with Gasteiger partial charge in [0.25, 0.3) is 0 Å². The first-order valence-electron chi connectivity index (χ1n) is 10.6. The lowest BCUT2D eigenvalue weighted by Gasteiger charge is -2.26. The second-order valence-electron chi connectivity index (χ2n) is 8.01. The third-order valence-electron chi connectivity index (χ3n) is 5.84. The summed E-state index contributed by atoms with van der Waals surface area (Å²) < 4.78 is 36.3. The summed E-state index contributed by atoms with van der Waals surface area (Å²) in [6, 6.07) is 6.31. The Kier molecular flexibility index (Phi) is 5.83. The topological polar surface area (TPSA) is 91.8 Å². The van der Waals surface area contributed by atoms with Gasteiger partial charge in [-0.05, 0) is 57.0 Å². The minimum atomic E-state index is -0.478. The molecule has 3 aromatic heterocycles. The normalized spacial score (nSPS) is 15.8. The fourth-order valence-electron chi connectivity index (χ4n) is 4.19. The molecule has 4 heterocycles. The molecule has 1 saturated heterocycles. The van der Waals surface area contributed by atoms with Crippen LogP contribution < -0.4 is 13.3 Å². The molecule has 0 aliphatic carbocycles. The van der Waals surface area contributed by atoms with Gasteiger partial charge in [-0.3, -0.25) is 0 Å². The predicted octanol–water partition coefficient (Wildman–Crippen LogP) is 5.34. The maximum atomic E-state index is 14.5. The Hall–Kier alpha value is -3.29. The van der Waals surface area contributed by atoms with E-state index >= 15 is 0 Å². The maximum absolute atomic E-state index is 14.5. The molecule has 0 radical (unpaired) electrons. The highest BCUT2D eigenvalue weighted by Gasteiger charge is 2.30. The highest BCUT2D eigenvalue weighted by Crippen LogP contribution is 2.37. The molecule has 0 bridgehead atoms. The number of carbonyl (C=O) groups excluding carboxylic acids is 1. The molecule has 176 valence electrons. The van der Waals surface area contributed by atoms with E-state index in [1.807, 2.05) is 27.8 Å². The number of carbonyl (C=O) groups is 1. The van der Waals surface area contributed by atoms with Gasteiger partial charge in [0.15, 0.2) is 17.2 Å². The Labute approximate surface area is 207 Å². The van der Waals surface area contributed by atoms with E-state index in [9.17, 15) is 13.6 Å². The number of amides is 2. The summed E-state index contributed by atoms with van der Waals surface area (Å²) in [5.74, 6) is 0.577. The van der Waals surface area contributed by atoms with Crippen molar-refractivity contribution in [2.75, 3.05) is 19.9 Å². The van der Waals surface area contributed by atoms with Gasteiger partial charge in [0.05, 0.1) is 35.1 Å². The molecule has 1 aliphatic heterocycles. The third kappa shape index (κ3) is 3.95. The van der Waals surface area contributed by atoms with E-state index in [-0.39, 0.29) is 6.04 Å². The van der Waals surface area contributed by atoms with Gasteiger partial charge < -0.3 is 14.7 Å². The van der Waals surface area contributed by atoms with Crippen LogP contribution >= 0.6 is 22.9 Å². The Morgan fingerprint density at radius 3 is 2.85 bits per heavy atom. The van der Waals surface area contributed by atoms with Crippen molar-refractivity contribution < 1.29 is 18.1 Å². The van der Waals surface area contributed by atoms with Gasteiger partial charge in [-0.15, -0.1) is 5.10 Å². The Morgan fingerprint density at radius 1 is 1.26 bits per heavy atom. The number of benzene rings is 1. The highest BCUT2D eigenvalue weighted by atomic mass is 127. The van der Waals surface area contributed by atoms with Crippen molar-refractivity contribution >= 4 is 51.9 Å². The number of nitrogens with zero attached hydrogens (tertiary/aromatic N) is 6. The van der Waals surface area contributed by atoms with Gasteiger partial charge in [-0.25, -0.2) is 21.7 Å². The quantitative estimate of drug-likeness (QED) is 0.259. The molecular formula is C22H20F2IN7O2. The molecule has 0 spiro atoms. The van der Waals surface area contributed by atoms with Crippen LogP contribution in [0.2, 0.25) is 0 Å². The lowest BCUT2D eigenvalue weighted by atomic mass is 10.0.